The minimum Gasteiger partial charge on any atom is -0.504 e. The summed E-state index contributed by atoms with van der Waals surface area (Å²) < 4.78 is 0. The van der Waals surface area contributed by atoms with Crippen LogP contribution in [0.2, 0.25) is 0 Å². The molecule has 1 rings (SSSR count). The number of aliphatic hydroxyl groups excluding tert-OH is 1. The molecule has 0 spiro atoms. The van der Waals surface area contributed by atoms with Crippen LogP contribution in [0.1, 0.15) is 38.4 Å². The van der Waals surface area contributed by atoms with Gasteiger partial charge >= 0.3 is 0 Å². The maximum Gasteiger partial charge on any atom is 0.157 e. The van der Waals surface area contributed by atoms with Crippen molar-refractivity contribution >= 4 is 0 Å². The predicted molar refractivity (Wildman–Crippen MR) is 71.7 cm³/mol. The van der Waals surface area contributed by atoms with Crippen LogP contribution in [-0.4, -0.2) is 39.9 Å². The molecular weight excluding hydrogens is 230 g/mol. The van der Waals surface area contributed by atoms with Crippen LogP contribution in [0, 0.1) is 0 Å². The molecule has 4 heteroatoms. The van der Waals surface area contributed by atoms with Gasteiger partial charge in [-0.2, -0.15) is 0 Å². The Morgan fingerprint density at radius 2 is 1.89 bits per heavy atom. The monoisotopic (exact) mass is 253 g/mol. The molecule has 2 atom stereocenters. The summed E-state index contributed by atoms with van der Waals surface area (Å²) in [7, 11) is 1.98. The fraction of sp³-hybridized carbons (Fsp3) is 0.571. The second-order valence-electron chi connectivity index (χ2n) is 4.77. The number of nitrogens with zero attached hydrogens (tertiary/aromatic N) is 1. The average molecular weight is 253 g/mol. The lowest BCUT2D eigenvalue weighted by molar-refractivity contribution is 0.0717. The predicted octanol–water partition coefficient (Wildman–Crippen LogP) is 2.25. The third kappa shape index (κ3) is 3.62. The third-order valence-electron chi connectivity index (χ3n) is 3.36. The first-order valence-corrected chi connectivity index (χ1v) is 6.37. The van der Waals surface area contributed by atoms with Gasteiger partial charge in [-0.05, 0) is 44.6 Å². The highest BCUT2D eigenvalue weighted by molar-refractivity contribution is 5.41. The van der Waals surface area contributed by atoms with Crippen molar-refractivity contribution < 1.29 is 15.3 Å². The number of aliphatic hydroxyl groups is 1. The Labute approximate surface area is 108 Å². The second kappa shape index (κ2) is 6.61. The number of aromatic hydroxyl groups is 2. The lowest BCUT2D eigenvalue weighted by Crippen LogP contribution is -2.35. The number of phenolic OH excluding ortho intramolecular Hbond substituents is 2. The lowest BCUT2D eigenvalue weighted by Gasteiger charge is -2.29. The van der Waals surface area contributed by atoms with Gasteiger partial charge in [0.25, 0.3) is 0 Å². The van der Waals surface area contributed by atoms with Gasteiger partial charge in [0, 0.05) is 6.04 Å². The number of rotatable bonds is 6. The minimum atomic E-state index is -0.682. The van der Waals surface area contributed by atoms with Crippen LogP contribution < -0.4 is 0 Å². The van der Waals surface area contributed by atoms with Gasteiger partial charge in [0.15, 0.2) is 11.5 Å². The summed E-state index contributed by atoms with van der Waals surface area (Å²) in [6, 6.07) is 4.39. The molecule has 0 bridgehead atoms. The van der Waals surface area contributed by atoms with Gasteiger partial charge in [-0.25, -0.2) is 0 Å². The number of hydrogen-bond acceptors (Lipinski definition) is 4. The Morgan fingerprint density at radius 3 is 2.44 bits per heavy atom. The molecule has 18 heavy (non-hydrogen) atoms. The molecule has 1 aromatic carbocycles. The molecule has 0 aliphatic rings. The van der Waals surface area contributed by atoms with Crippen molar-refractivity contribution in [2.24, 2.45) is 0 Å². The minimum absolute atomic E-state index is 0.0412. The molecule has 0 radical (unpaired) electrons. The highest BCUT2D eigenvalue weighted by Gasteiger charge is 2.20. The fourth-order valence-corrected chi connectivity index (χ4v) is 1.86. The Morgan fingerprint density at radius 1 is 1.22 bits per heavy atom. The molecule has 0 amide bonds. The largest absolute Gasteiger partial charge is 0.504 e. The Balaban J connectivity index is 2.72. The Kier molecular flexibility index (Phi) is 5.44. The van der Waals surface area contributed by atoms with Crippen molar-refractivity contribution in [3.05, 3.63) is 23.8 Å². The molecular formula is C14H23NO3. The van der Waals surface area contributed by atoms with Crippen LogP contribution in [0.3, 0.4) is 0 Å². The van der Waals surface area contributed by atoms with Crippen LogP contribution in [0.25, 0.3) is 0 Å². The van der Waals surface area contributed by atoms with E-state index in [1.54, 1.807) is 6.07 Å². The molecule has 0 aliphatic carbocycles. The van der Waals surface area contributed by atoms with Gasteiger partial charge in [-0.3, -0.25) is 0 Å². The molecule has 102 valence electrons. The van der Waals surface area contributed by atoms with E-state index < -0.39 is 6.10 Å². The molecule has 0 fully saturated rings. The fourth-order valence-electron chi connectivity index (χ4n) is 1.86. The first-order valence-electron chi connectivity index (χ1n) is 6.37. The quantitative estimate of drug-likeness (QED) is 0.680. The van der Waals surface area contributed by atoms with E-state index in [9.17, 15) is 15.3 Å². The molecule has 0 aromatic heterocycles. The summed E-state index contributed by atoms with van der Waals surface area (Å²) in [6.07, 6.45) is 1.53. The smallest absolute Gasteiger partial charge is 0.157 e. The summed E-state index contributed by atoms with van der Waals surface area (Å²) in [4.78, 5) is 2.10. The summed E-state index contributed by atoms with van der Waals surface area (Å²) in [5.74, 6) is -0.368. The van der Waals surface area contributed by atoms with E-state index in [1.165, 1.54) is 12.1 Å². The van der Waals surface area contributed by atoms with Crippen LogP contribution >= 0.6 is 0 Å². The van der Waals surface area contributed by atoms with Crippen LogP contribution in [0.15, 0.2) is 18.2 Å². The number of unbranched alkanes of at least 4 members (excludes halogenated alkanes) is 1. The number of phenols is 2. The highest BCUT2D eigenvalue weighted by Crippen LogP contribution is 2.29. The molecule has 0 saturated heterocycles. The van der Waals surface area contributed by atoms with E-state index in [-0.39, 0.29) is 17.5 Å². The van der Waals surface area contributed by atoms with Crippen molar-refractivity contribution in [1.29, 1.82) is 0 Å². The second-order valence-corrected chi connectivity index (χ2v) is 4.77. The topological polar surface area (TPSA) is 63.9 Å². The van der Waals surface area contributed by atoms with Crippen molar-refractivity contribution in [3.8, 4) is 11.5 Å². The van der Waals surface area contributed by atoms with E-state index in [4.69, 9.17) is 0 Å². The Hall–Kier alpha value is -1.26. The van der Waals surface area contributed by atoms with E-state index in [1.807, 2.05) is 14.0 Å². The summed E-state index contributed by atoms with van der Waals surface area (Å²) in [5.41, 5.74) is 0.612. The summed E-state index contributed by atoms with van der Waals surface area (Å²) in [5, 5.41) is 28.9. The molecule has 0 saturated carbocycles. The standard InChI is InChI=1S/C14H23NO3/c1-4-5-8-15(3)10(2)14(18)11-6-7-12(16)13(17)9-11/h6-7,9-10,14,16-18H,4-5,8H2,1-3H3. The molecule has 2 unspecified atom stereocenters. The zero-order chi connectivity index (χ0) is 13.7. The van der Waals surface area contributed by atoms with Gasteiger partial charge in [-0.15, -0.1) is 0 Å². The van der Waals surface area contributed by atoms with E-state index >= 15 is 0 Å². The van der Waals surface area contributed by atoms with Crippen LogP contribution in [-0.2, 0) is 0 Å². The third-order valence-corrected chi connectivity index (χ3v) is 3.36. The lowest BCUT2D eigenvalue weighted by atomic mass is 10.0. The van der Waals surface area contributed by atoms with Crippen molar-refractivity contribution in [2.75, 3.05) is 13.6 Å². The molecule has 0 heterocycles. The van der Waals surface area contributed by atoms with E-state index in [0.717, 1.165) is 19.4 Å². The van der Waals surface area contributed by atoms with Gasteiger partial charge in [0.2, 0.25) is 0 Å². The van der Waals surface area contributed by atoms with Crippen LogP contribution in [0.4, 0.5) is 0 Å². The van der Waals surface area contributed by atoms with Gasteiger partial charge in [0.05, 0.1) is 6.10 Å². The maximum atomic E-state index is 10.2. The number of likely N-dealkylation sites (N-methyl/N-ethyl adjacent to an activating group) is 1. The summed E-state index contributed by atoms with van der Waals surface area (Å²) in [6.45, 7) is 5.01. The van der Waals surface area contributed by atoms with Gasteiger partial charge < -0.3 is 20.2 Å². The zero-order valence-corrected chi connectivity index (χ0v) is 11.3. The molecule has 4 nitrogen and oxygen atoms in total. The first-order chi connectivity index (χ1) is 8.47. The molecule has 0 aliphatic heterocycles. The normalized spacial score (nSPS) is 14.7. The Bertz CT molecular complexity index is 381. The number of benzene rings is 1. The highest BCUT2D eigenvalue weighted by atomic mass is 16.3. The van der Waals surface area contributed by atoms with E-state index in [0.29, 0.717) is 5.56 Å². The van der Waals surface area contributed by atoms with E-state index in [2.05, 4.69) is 11.8 Å². The van der Waals surface area contributed by atoms with Crippen molar-refractivity contribution in [1.82, 2.24) is 4.90 Å². The zero-order valence-electron chi connectivity index (χ0n) is 11.3. The van der Waals surface area contributed by atoms with Gasteiger partial charge in [-0.1, -0.05) is 19.4 Å². The molecule has 1 aromatic rings. The maximum absolute atomic E-state index is 10.2. The first kappa shape index (κ1) is 14.8. The van der Waals surface area contributed by atoms with Crippen molar-refractivity contribution in [2.45, 2.75) is 38.8 Å². The SMILES string of the molecule is CCCCN(C)C(C)C(O)c1ccc(O)c(O)c1. The van der Waals surface area contributed by atoms with Crippen molar-refractivity contribution in [3.63, 3.8) is 0 Å². The van der Waals surface area contributed by atoms with Crippen LogP contribution in [0.5, 0.6) is 11.5 Å². The number of hydrogen-bond donors (Lipinski definition) is 3. The average Bonchev–Trinajstić information content (AvgIpc) is 2.37. The summed E-state index contributed by atoms with van der Waals surface area (Å²) >= 11 is 0. The van der Waals surface area contributed by atoms with Gasteiger partial charge in [0.1, 0.15) is 0 Å². The molecule has 3 N–H and O–H groups in total.